The zero-order valence-corrected chi connectivity index (χ0v) is 12.9. The van der Waals surface area contributed by atoms with E-state index in [1.54, 1.807) is 7.11 Å². The third kappa shape index (κ3) is 3.04. The number of fused-ring (bicyclic) bond motifs is 1. The number of hydrogen-bond donors (Lipinski definition) is 0. The van der Waals surface area contributed by atoms with Crippen molar-refractivity contribution in [2.75, 3.05) is 13.7 Å². The van der Waals surface area contributed by atoms with Gasteiger partial charge in [0, 0.05) is 13.7 Å². The molecule has 2 atom stereocenters. The summed E-state index contributed by atoms with van der Waals surface area (Å²) in [5, 5.41) is 0.552. The van der Waals surface area contributed by atoms with Crippen LogP contribution < -0.4 is 0 Å². The lowest BCUT2D eigenvalue weighted by Crippen LogP contribution is -2.15. The number of aromatic nitrogens is 2. The minimum absolute atomic E-state index is 0.154. The Morgan fingerprint density at radius 1 is 1.37 bits per heavy atom. The molecule has 1 aromatic heterocycles. The molecule has 1 heterocycles. The van der Waals surface area contributed by atoms with E-state index in [4.69, 9.17) is 27.9 Å². The summed E-state index contributed by atoms with van der Waals surface area (Å²) in [7, 11) is 1.71. The van der Waals surface area contributed by atoms with Gasteiger partial charge in [0.2, 0.25) is 0 Å². The smallest absolute Gasteiger partial charge is 0.127 e. The molecule has 0 saturated carbocycles. The zero-order chi connectivity index (χ0) is 14.0. The van der Waals surface area contributed by atoms with Gasteiger partial charge >= 0.3 is 0 Å². The molecule has 2 rings (SSSR count). The number of nitrogens with zero attached hydrogens (tertiary/aromatic N) is 2. The van der Waals surface area contributed by atoms with E-state index in [1.807, 2.05) is 25.1 Å². The zero-order valence-electron chi connectivity index (χ0n) is 11.4. The first kappa shape index (κ1) is 14.6. The Morgan fingerprint density at radius 2 is 2.11 bits per heavy atom. The summed E-state index contributed by atoms with van der Waals surface area (Å²) in [4.78, 5) is 4.59. The van der Waals surface area contributed by atoms with Gasteiger partial charge in [0.05, 0.1) is 28.0 Å². The van der Waals surface area contributed by atoms with Crippen LogP contribution in [-0.2, 0) is 11.3 Å². The first-order chi connectivity index (χ1) is 9.04. The number of alkyl halides is 1. The highest BCUT2D eigenvalue weighted by Gasteiger charge is 2.18. The maximum atomic E-state index is 6.31. The molecule has 1 aromatic carbocycles. The number of benzene rings is 1. The van der Waals surface area contributed by atoms with Crippen molar-refractivity contribution in [3.63, 3.8) is 0 Å². The average molecular weight is 301 g/mol. The summed E-state index contributed by atoms with van der Waals surface area (Å²) in [6, 6.07) is 5.75. The fraction of sp³-hybridized carbons (Fsp3) is 0.500. The second-order valence-electron chi connectivity index (χ2n) is 4.86. The maximum Gasteiger partial charge on any atom is 0.127 e. The Bertz CT molecular complexity index is 566. The van der Waals surface area contributed by atoms with E-state index in [2.05, 4.69) is 16.5 Å². The molecule has 19 heavy (non-hydrogen) atoms. The predicted octanol–water partition coefficient (Wildman–Crippen LogP) is 4.27. The highest BCUT2D eigenvalue weighted by Crippen LogP contribution is 2.29. The van der Waals surface area contributed by atoms with Crippen LogP contribution in [0.5, 0.6) is 0 Å². The number of methoxy groups -OCH3 is 1. The third-order valence-corrected chi connectivity index (χ3v) is 3.55. The molecule has 2 aromatic rings. The van der Waals surface area contributed by atoms with E-state index in [0.29, 0.717) is 17.5 Å². The monoisotopic (exact) mass is 300 g/mol. The van der Waals surface area contributed by atoms with Crippen LogP contribution in [-0.4, -0.2) is 23.3 Å². The molecule has 0 radical (unpaired) electrons. The molecule has 0 aliphatic rings. The van der Waals surface area contributed by atoms with Gasteiger partial charge in [-0.1, -0.05) is 24.6 Å². The second kappa shape index (κ2) is 6.12. The van der Waals surface area contributed by atoms with Gasteiger partial charge in [0.15, 0.2) is 0 Å². The topological polar surface area (TPSA) is 27.1 Å². The number of ether oxygens (including phenoxy) is 1. The van der Waals surface area contributed by atoms with Crippen molar-refractivity contribution in [3.8, 4) is 0 Å². The maximum absolute atomic E-state index is 6.31. The van der Waals surface area contributed by atoms with Crippen LogP contribution in [0.1, 0.15) is 25.0 Å². The average Bonchev–Trinajstić information content (AvgIpc) is 2.70. The molecular weight excluding hydrogens is 283 g/mol. The van der Waals surface area contributed by atoms with Gasteiger partial charge in [0.25, 0.3) is 0 Å². The molecule has 0 amide bonds. The number of hydrogen-bond acceptors (Lipinski definition) is 2. The fourth-order valence-corrected chi connectivity index (χ4v) is 2.74. The molecule has 5 heteroatoms. The highest BCUT2D eigenvalue weighted by atomic mass is 35.5. The quantitative estimate of drug-likeness (QED) is 0.771. The number of rotatable bonds is 5. The third-order valence-electron chi connectivity index (χ3n) is 3.05. The lowest BCUT2D eigenvalue weighted by atomic mass is 10.2. The van der Waals surface area contributed by atoms with Crippen molar-refractivity contribution in [2.45, 2.75) is 25.8 Å². The van der Waals surface area contributed by atoms with E-state index >= 15 is 0 Å². The summed E-state index contributed by atoms with van der Waals surface area (Å²) < 4.78 is 7.31. The molecular formula is C14H18Cl2N2O. The molecule has 0 spiro atoms. The largest absolute Gasteiger partial charge is 0.384 e. The van der Waals surface area contributed by atoms with Crippen molar-refractivity contribution < 1.29 is 4.74 Å². The molecule has 0 N–H and O–H groups in total. The van der Waals surface area contributed by atoms with Crippen molar-refractivity contribution in [3.05, 3.63) is 29.0 Å². The van der Waals surface area contributed by atoms with Gasteiger partial charge < -0.3 is 9.30 Å². The van der Waals surface area contributed by atoms with Crippen LogP contribution in [0.4, 0.5) is 0 Å². The second-order valence-corrected chi connectivity index (χ2v) is 5.93. The first-order valence-corrected chi connectivity index (χ1v) is 7.13. The molecule has 0 saturated heterocycles. The standard InChI is InChI=1S/C14H18Cl2N2O/c1-9(8-19-3)7-18-13-11(16)5-4-6-12(13)17-14(18)10(2)15/h4-6,9-10H,7-8H2,1-3H3. The van der Waals surface area contributed by atoms with Crippen LogP contribution >= 0.6 is 23.2 Å². The Labute approximate surface area is 123 Å². The Kier molecular flexibility index (Phi) is 4.71. The number of halogens is 2. The van der Waals surface area contributed by atoms with E-state index < -0.39 is 0 Å². The molecule has 0 aliphatic carbocycles. The summed E-state index contributed by atoms with van der Waals surface area (Å²) in [6.45, 7) is 5.55. The number of imidazole rings is 1. The van der Waals surface area contributed by atoms with Crippen molar-refractivity contribution in [2.24, 2.45) is 5.92 Å². The lowest BCUT2D eigenvalue weighted by Gasteiger charge is -2.16. The van der Waals surface area contributed by atoms with Crippen molar-refractivity contribution >= 4 is 34.2 Å². The van der Waals surface area contributed by atoms with Crippen LogP contribution in [0.25, 0.3) is 11.0 Å². The van der Waals surface area contributed by atoms with E-state index in [9.17, 15) is 0 Å². The predicted molar refractivity (Wildman–Crippen MR) is 80.1 cm³/mol. The molecule has 3 nitrogen and oxygen atoms in total. The Hall–Kier alpha value is -0.770. The fourth-order valence-electron chi connectivity index (χ4n) is 2.30. The normalized spacial score (nSPS) is 14.8. The van der Waals surface area contributed by atoms with Gasteiger partial charge in [-0.25, -0.2) is 4.98 Å². The minimum atomic E-state index is -0.154. The van der Waals surface area contributed by atoms with Crippen LogP contribution in [0, 0.1) is 5.92 Å². The summed E-state index contributed by atoms with van der Waals surface area (Å²) in [5.41, 5.74) is 1.84. The van der Waals surface area contributed by atoms with Crippen molar-refractivity contribution in [1.29, 1.82) is 0 Å². The molecule has 0 bridgehead atoms. The van der Waals surface area contributed by atoms with Gasteiger partial charge in [-0.2, -0.15) is 0 Å². The van der Waals surface area contributed by atoms with Gasteiger partial charge in [0.1, 0.15) is 5.82 Å². The molecule has 2 unspecified atom stereocenters. The van der Waals surface area contributed by atoms with Gasteiger partial charge in [-0.3, -0.25) is 0 Å². The minimum Gasteiger partial charge on any atom is -0.384 e. The Balaban J connectivity index is 2.51. The highest BCUT2D eigenvalue weighted by molar-refractivity contribution is 6.35. The van der Waals surface area contributed by atoms with Gasteiger partial charge in [-0.15, -0.1) is 11.6 Å². The SMILES string of the molecule is COCC(C)Cn1c(C(C)Cl)nc2cccc(Cl)c21. The summed E-state index contributed by atoms with van der Waals surface area (Å²) >= 11 is 12.5. The van der Waals surface area contributed by atoms with Gasteiger partial charge in [-0.05, 0) is 25.0 Å². The van der Waals surface area contributed by atoms with E-state index in [1.165, 1.54) is 0 Å². The van der Waals surface area contributed by atoms with E-state index in [0.717, 1.165) is 23.4 Å². The van der Waals surface area contributed by atoms with E-state index in [-0.39, 0.29) is 5.38 Å². The molecule has 0 aliphatic heterocycles. The molecule has 104 valence electrons. The van der Waals surface area contributed by atoms with Crippen molar-refractivity contribution in [1.82, 2.24) is 9.55 Å². The van der Waals surface area contributed by atoms with Crippen LogP contribution in [0.15, 0.2) is 18.2 Å². The lowest BCUT2D eigenvalue weighted by molar-refractivity contribution is 0.151. The Morgan fingerprint density at radius 3 is 2.74 bits per heavy atom. The molecule has 0 fully saturated rings. The first-order valence-electron chi connectivity index (χ1n) is 6.32. The van der Waals surface area contributed by atoms with Crippen LogP contribution in [0.3, 0.4) is 0 Å². The number of para-hydroxylation sites is 1. The summed E-state index contributed by atoms with van der Waals surface area (Å²) in [6.07, 6.45) is 0. The summed E-state index contributed by atoms with van der Waals surface area (Å²) in [5.74, 6) is 1.22. The van der Waals surface area contributed by atoms with Crippen LogP contribution in [0.2, 0.25) is 5.02 Å².